The van der Waals surface area contributed by atoms with Gasteiger partial charge in [-0.3, -0.25) is 4.79 Å². The highest BCUT2D eigenvalue weighted by atomic mass is 19.1. The van der Waals surface area contributed by atoms with Crippen LogP contribution in [0, 0.1) is 5.82 Å². The molecule has 0 unspecified atom stereocenters. The van der Waals surface area contributed by atoms with Crippen LogP contribution >= 0.6 is 0 Å². The van der Waals surface area contributed by atoms with Gasteiger partial charge in [-0.05, 0) is 30.9 Å². The molecule has 2 rings (SSSR count). The first kappa shape index (κ1) is 13.5. The van der Waals surface area contributed by atoms with Crippen molar-refractivity contribution in [2.75, 3.05) is 13.1 Å². The number of carbonyl (C=O) groups excluding carboxylic acids is 1. The largest absolute Gasteiger partial charge is 0.339 e. The third-order valence-corrected chi connectivity index (χ3v) is 3.26. The maximum Gasteiger partial charge on any atom is 0.254 e. The molecule has 0 aromatic heterocycles. The summed E-state index contributed by atoms with van der Waals surface area (Å²) in [5.74, 6) is -0.314. The van der Waals surface area contributed by atoms with Crippen LogP contribution < -0.4 is 0 Å². The molecule has 0 aliphatic heterocycles. The molecule has 100 valence electrons. The Bertz CT molecular complexity index is 594. The summed E-state index contributed by atoms with van der Waals surface area (Å²) in [4.78, 5) is 14.3. The van der Waals surface area contributed by atoms with Crippen molar-refractivity contribution in [2.24, 2.45) is 0 Å². The average molecular weight is 259 g/mol. The monoisotopic (exact) mass is 259 g/mol. The van der Waals surface area contributed by atoms with E-state index >= 15 is 0 Å². The molecule has 0 N–H and O–H groups in total. The van der Waals surface area contributed by atoms with E-state index in [1.54, 1.807) is 29.2 Å². The van der Waals surface area contributed by atoms with Gasteiger partial charge in [0.25, 0.3) is 5.91 Å². The summed E-state index contributed by atoms with van der Waals surface area (Å²) in [6.45, 7) is 5.39. The first-order valence-electron chi connectivity index (χ1n) is 6.65. The third-order valence-electron chi connectivity index (χ3n) is 3.26. The van der Waals surface area contributed by atoms with Gasteiger partial charge in [-0.2, -0.15) is 0 Å². The normalized spacial score (nSPS) is 10.7. The van der Waals surface area contributed by atoms with Crippen LogP contribution in [0.25, 0.3) is 10.8 Å². The second kappa shape index (κ2) is 5.83. The van der Waals surface area contributed by atoms with Crippen LogP contribution in [0.3, 0.4) is 0 Å². The lowest BCUT2D eigenvalue weighted by atomic mass is 10.0. The molecule has 0 saturated heterocycles. The Kier molecular flexibility index (Phi) is 4.15. The minimum Gasteiger partial charge on any atom is -0.339 e. The number of fused-ring (bicyclic) bond motifs is 1. The number of halogens is 1. The Morgan fingerprint density at radius 1 is 1.11 bits per heavy atom. The first-order chi connectivity index (χ1) is 9.19. The molecule has 0 heterocycles. The number of amides is 1. The molecule has 0 fully saturated rings. The van der Waals surface area contributed by atoms with Crippen LogP contribution in [0.2, 0.25) is 0 Å². The van der Waals surface area contributed by atoms with Crippen molar-refractivity contribution in [2.45, 2.75) is 20.3 Å². The lowest BCUT2D eigenvalue weighted by molar-refractivity contribution is 0.0766. The van der Waals surface area contributed by atoms with Crippen LogP contribution in [0.5, 0.6) is 0 Å². The molecule has 0 bridgehead atoms. The smallest absolute Gasteiger partial charge is 0.254 e. The van der Waals surface area contributed by atoms with Crippen LogP contribution in [-0.2, 0) is 0 Å². The van der Waals surface area contributed by atoms with E-state index in [-0.39, 0.29) is 11.7 Å². The second-order valence-electron chi connectivity index (χ2n) is 4.53. The number of carbonyl (C=O) groups is 1. The van der Waals surface area contributed by atoms with E-state index in [4.69, 9.17) is 0 Å². The summed E-state index contributed by atoms with van der Waals surface area (Å²) in [6.07, 6.45) is 0.915. The van der Waals surface area contributed by atoms with E-state index in [9.17, 15) is 9.18 Å². The van der Waals surface area contributed by atoms with Gasteiger partial charge in [0.2, 0.25) is 0 Å². The highest BCUT2D eigenvalue weighted by Gasteiger charge is 2.17. The minimum atomic E-state index is -0.286. The molecular formula is C16H18FNO. The SMILES string of the molecule is CCCN(CC)C(=O)c1ccc(F)c2ccccc12. The summed E-state index contributed by atoms with van der Waals surface area (Å²) in [6, 6.07) is 10.1. The van der Waals surface area contributed by atoms with E-state index in [1.807, 2.05) is 19.9 Å². The lowest BCUT2D eigenvalue weighted by Gasteiger charge is -2.21. The highest BCUT2D eigenvalue weighted by molar-refractivity contribution is 6.07. The maximum atomic E-state index is 13.7. The van der Waals surface area contributed by atoms with E-state index < -0.39 is 0 Å². The molecule has 0 aliphatic rings. The van der Waals surface area contributed by atoms with Gasteiger partial charge in [0.05, 0.1) is 0 Å². The topological polar surface area (TPSA) is 20.3 Å². The molecule has 0 aliphatic carbocycles. The Labute approximate surface area is 112 Å². The molecule has 1 amide bonds. The molecule has 19 heavy (non-hydrogen) atoms. The summed E-state index contributed by atoms with van der Waals surface area (Å²) in [7, 11) is 0. The molecule has 0 spiro atoms. The van der Waals surface area contributed by atoms with Crippen molar-refractivity contribution in [3.05, 3.63) is 47.8 Å². The zero-order valence-electron chi connectivity index (χ0n) is 11.3. The van der Waals surface area contributed by atoms with Crippen molar-refractivity contribution in [3.8, 4) is 0 Å². The fourth-order valence-corrected chi connectivity index (χ4v) is 2.29. The summed E-state index contributed by atoms with van der Waals surface area (Å²) < 4.78 is 13.7. The standard InChI is InChI=1S/C16H18FNO/c1-3-11-18(4-2)16(19)14-9-10-15(17)13-8-6-5-7-12(13)14/h5-10H,3-4,11H2,1-2H3. The lowest BCUT2D eigenvalue weighted by Crippen LogP contribution is -2.31. The van der Waals surface area contributed by atoms with E-state index in [0.29, 0.717) is 22.9 Å². The number of hydrogen-bond donors (Lipinski definition) is 0. The number of benzene rings is 2. The van der Waals surface area contributed by atoms with Gasteiger partial charge in [-0.15, -0.1) is 0 Å². The van der Waals surface area contributed by atoms with Gasteiger partial charge in [-0.25, -0.2) is 4.39 Å². The van der Waals surface area contributed by atoms with E-state index in [2.05, 4.69) is 0 Å². The van der Waals surface area contributed by atoms with Crippen molar-refractivity contribution in [1.29, 1.82) is 0 Å². The third kappa shape index (κ3) is 2.60. The van der Waals surface area contributed by atoms with E-state index in [0.717, 1.165) is 13.0 Å². The van der Waals surface area contributed by atoms with Crippen LogP contribution in [0.1, 0.15) is 30.6 Å². The van der Waals surface area contributed by atoms with Gasteiger partial charge < -0.3 is 4.90 Å². The van der Waals surface area contributed by atoms with Crippen molar-refractivity contribution in [3.63, 3.8) is 0 Å². The van der Waals surface area contributed by atoms with Crippen molar-refractivity contribution < 1.29 is 9.18 Å². The fourth-order valence-electron chi connectivity index (χ4n) is 2.29. The Morgan fingerprint density at radius 3 is 2.42 bits per heavy atom. The van der Waals surface area contributed by atoms with Crippen LogP contribution in [-0.4, -0.2) is 23.9 Å². The van der Waals surface area contributed by atoms with Gasteiger partial charge in [0.15, 0.2) is 0 Å². The van der Waals surface area contributed by atoms with Gasteiger partial charge >= 0.3 is 0 Å². The number of nitrogens with zero attached hydrogens (tertiary/aromatic N) is 1. The van der Waals surface area contributed by atoms with Gasteiger partial charge in [0.1, 0.15) is 5.82 Å². The molecular weight excluding hydrogens is 241 g/mol. The first-order valence-corrected chi connectivity index (χ1v) is 6.65. The van der Waals surface area contributed by atoms with Crippen molar-refractivity contribution in [1.82, 2.24) is 4.90 Å². The zero-order chi connectivity index (χ0) is 13.8. The zero-order valence-corrected chi connectivity index (χ0v) is 11.3. The second-order valence-corrected chi connectivity index (χ2v) is 4.53. The van der Waals surface area contributed by atoms with Crippen LogP contribution in [0.15, 0.2) is 36.4 Å². The van der Waals surface area contributed by atoms with Gasteiger partial charge in [0, 0.05) is 24.0 Å². The van der Waals surface area contributed by atoms with Gasteiger partial charge in [-0.1, -0.05) is 31.2 Å². The highest BCUT2D eigenvalue weighted by Crippen LogP contribution is 2.23. The molecule has 0 radical (unpaired) electrons. The number of rotatable bonds is 4. The summed E-state index contributed by atoms with van der Waals surface area (Å²) in [5, 5.41) is 1.18. The molecule has 0 atom stereocenters. The predicted octanol–water partition coefficient (Wildman–Crippen LogP) is 3.85. The van der Waals surface area contributed by atoms with E-state index in [1.165, 1.54) is 6.07 Å². The Balaban J connectivity index is 2.51. The Morgan fingerprint density at radius 2 is 1.79 bits per heavy atom. The fraction of sp³-hybridized carbons (Fsp3) is 0.312. The summed E-state index contributed by atoms with van der Waals surface area (Å²) in [5.41, 5.74) is 0.576. The quantitative estimate of drug-likeness (QED) is 0.816. The molecule has 0 saturated carbocycles. The summed E-state index contributed by atoms with van der Waals surface area (Å²) >= 11 is 0. The molecule has 2 aromatic rings. The molecule has 2 nitrogen and oxygen atoms in total. The predicted molar refractivity (Wildman–Crippen MR) is 75.8 cm³/mol. The number of hydrogen-bond acceptors (Lipinski definition) is 1. The minimum absolute atomic E-state index is 0.0273. The molecule has 2 aromatic carbocycles. The van der Waals surface area contributed by atoms with Crippen LogP contribution in [0.4, 0.5) is 4.39 Å². The Hall–Kier alpha value is -1.90. The molecule has 3 heteroatoms. The average Bonchev–Trinajstić information content (AvgIpc) is 2.45. The maximum absolute atomic E-state index is 13.7. The van der Waals surface area contributed by atoms with Crippen molar-refractivity contribution >= 4 is 16.7 Å².